The summed E-state index contributed by atoms with van der Waals surface area (Å²) in [7, 11) is -4.02. The van der Waals surface area contributed by atoms with Gasteiger partial charge in [0, 0.05) is 11.6 Å². The van der Waals surface area contributed by atoms with E-state index >= 15 is 0 Å². The van der Waals surface area contributed by atoms with Gasteiger partial charge in [-0.2, -0.15) is 13.5 Å². The van der Waals surface area contributed by atoms with Crippen molar-refractivity contribution in [3.63, 3.8) is 0 Å². The largest absolute Gasteiger partial charge is 0.394 e. The van der Waals surface area contributed by atoms with Crippen molar-refractivity contribution in [3.8, 4) is 0 Å². The lowest BCUT2D eigenvalue weighted by Gasteiger charge is -2.28. The van der Waals surface area contributed by atoms with Crippen molar-refractivity contribution < 1.29 is 36.3 Å². The maximum Gasteiger partial charge on any atom is 0.294 e. The topological polar surface area (TPSA) is 124 Å². The number of nitrogens with zero attached hydrogens (tertiary/aromatic N) is 3. The molecular formula is C20H21F2N3O6S. The third-order valence-corrected chi connectivity index (χ3v) is 5.43. The molecule has 0 amide bonds. The number of aryl methyl sites for hydroxylation is 1. The fraction of sp³-hybridized carbons (Fsp3) is 0.300. The van der Waals surface area contributed by atoms with Gasteiger partial charge in [0.2, 0.25) is 5.79 Å². The molecule has 172 valence electrons. The molecule has 2 aromatic carbocycles. The van der Waals surface area contributed by atoms with Crippen LogP contribution in [0.25, 0.3) is 0 Å². The van der Waals surface area contributed by atoms with Gasteiger partial charge >= 0.3 is 0 Å². The van der Waals surface area contributed by atoms with Crippen LogP contribution < -0.4 is 0 Å². The quantitative estimate of drug-likeness (QED) is 0.545. The lowest BCUT2D eigenvalue weighted by molar-refractivity contribution is -0.193. The zero-order valence-electron chi connectivity index (χ0n) is 16.9. The van der Waals surface area contributed by atoms with Gasteiger partial charge in [0.1, 0.15) is 36.9 Å². The summed E-state index contributed by atoms with van der Waals surface area (Å²) in [6, 6.07) is 9.14. The molecule has 1 aliphatic rings. The zero-order valence-corrected chi connectivity index (χ0v) is 17.7. The Morgan fingerprint density at radius 1 is 1.22 bits per heavy atom. The van der Waals surface area contributed by atoms with Gasteiger partial charge < -0.3 is 14.6 Å². The van der Waals surface area contributed by atoms with Crippen molar-refractivity contribution in [2.24, 2.45) is 0 Å². The van der Waals surface area contributed by atoms with E-state index in [0.29, 0.717) is 0 Å². The highest BCUT2D eigenvalue weighted by Crippen LogP contribution is 2.37. The molecule has 2 heterocycles. The minimum absolute atomic E-state index is 0.0338. The average Bonchev–Trinajstić information content (AvgIpc) is 3.39. The molecule has 2 N–H and O–H groups in total. The molecule has 1 saturated heterocycles. The standard InChI is InChI=1S/C13H13F2N3O3.C7H8O3S/c14-9-1-2-11(12(15)3-9)13(6-18-8-16-7-17-18)20-5-10(4-19)21-13;1-6-2-4-7(5-3-6)11(8,9)10/h1-3,7-8,10,19H,4-6H2;2-5H,1H3,(H,8,9,10)/t10?,13-;/m0./s1. The van der Waals surface area contributed by atoms with E-state index in [1.54, 1.807) is 12.1 Å². The molecule has 32 heavy (non-hydrogen) atoms. The summed E-state index contributed by atoms with van der Waals surface area (Å²) in [6.45, 7) is 1.71. The predicted octanol–water partition coefficient (Wildman–Crippen LogP) is 2.06. The van der Waals surface area contributed by atoms with Crippen LogP contribution in [0.5, 0.6) is 0 Å². The number of hydrogen-bond donors (Lipinski definition) is 2. The molecule has 0 radical (unpaired) electrons. The average molecular weight is 469 g/mol. The number of aliphatic hydroxyl groups excluding tert-OH is 1. The van der Waals surface area contributed by atoms with Crippen LogP contribution >= 0.6 is 0 Å². The van der Waals surface area contributed by atoms with Gasteiger partial charge in [0.05, 0.1) is 18.1 Å². The minimum atomic E-state index is -4.02. The number of benzene rings is 2. The van der Waals surface area contributed by atoms with E-state index < -0.39 is 33.6 Å². The van der Waals surface area contributed by atoms with Crippen LogP contribution in [0.3, 0.4) is 0 Å². The van der Waals surface area contributed by atoms with Crippen LogP contribution in [0.15, 0.2) is 60.0 Å². The van der Waals surface area contributed by atoms with Crippen molar-refractivity contribution >= 4 is 10.1 Å². The Labute approximate surface area is 183 Å². The van der Waals surface area contributed by atoms with Gasteiger partial charge in [-0.05, 0) is 31.2 Å². The zero-order chi connectivity index (χ0) is 23.4. The number of halogens is 2. The summed E-state index contributed by atoms with van der Waals surface area (Å²) in [5, 5.41) is 13.1. The summed E-state index contributed by atoms with van der Waals surface area (Å²) in [6.07, 6.45) is 2.17. The summed E-state index contributed by atoms with van der Waals surface area (Å²) < 4.78 is 69.4. The van der Waals surface area contributed by atoms with Crippen LogP contribution in [0.2, 0.25) is 0 Å². The number of aromatic nitrogens is 3. The van der Waals surface area contributed by atoms with E-state index in [0.717, 1.165) is 17.7 Å². The van der Waals surface area contributed by atoms with E-state index in [1.165, 1.54) is 35.5 Å². The first-order valence-electron chi connectivity index (χ1n) is 9.38. The fourth-order valence-corrected chi connectivity index (χ4v) is 3.48. The lowest BCUT2D eigenvalue weighted by atomic mass is 10.0. The van der Waals surface area contributed by atoms with E-state index in [4.69, 9.17) is 14.0 Å². The van der Waals surface area contributed by atoms with Gasteiger partial charge in [-0.25, -0.2) is 18.4 Å². The number of hydrogen-bond acceptors (Lipinski definition) is 7. The maximum absolute atomic E-state index is 14.1. The highest BCUT2D eigenvalue weighted by Gasteiger charge is 2.45. The van der Waals surface area contributed by atoms with Crippen LogP contribution in [0, 0.1) is 18.6 Å². The molecule has 0 spiro atoms. The second kappa shape index (κ2) is 9.79. The molecule has 0 saturated carbocycles. The third-order valence-electron chi connectivity index (χ3n) is 4.56. The van der Waals surface area contributed by atoms with Crippen LogP contribution in [0.1, 0.15) is 11.1 Å². The Morgan fingerprint density at radius 2 is 1.94 bits per heavy atom. The van der Waals surface area contributed by atoms with Gasteiger partial charge in [-0.15, -0.1) is 0 Å². The molecule has 0 aliphatic carbocycles. The first-order valence-corrected chi connectivity index (χ1v) is 10.8. The number of ether oxygens (including phenoxy) is 2. The summed E-state index contributed by atoms with van der Waals surface area (Å²) in [5.41, 5.74) is 1.01. The molecule has 2 atom stereocenters. The summed E-state index contributed by atoms with van der Waals surface area (Å²) >= 11 is 0. The van der Waals surface area contributed by atoms with E-state index in [1.807, 2.05) is 6.92 Å². The normalized spacial score (nSPS) is 20.6. The van der Waals surface area contributed by atoms with Crippen molar-refractivity contribution in [1.29, 1.82) is 0 Å². The molecule has 1 unspecified atom stereocenters. The SMILES string of the molecule is Cc1ccc(S(=O)(=O)O)cc1.OCC1CO[C@](Cn2cncn2)(c2ccc(F)cc2F)O1. The summed E-state index contributed by atoms with van der Waals surface area (Å²) in [5.74, 6) is -2.95. The van der Waals surface area contributed by atoms with Crippen LogP contribution in [0.4, 0.5) is 8.78 Å². The molecular weight excluding hydrogens is 448 g/mol. The molecule has 12 heteroatoms. The Bertz CT molecular complexity index is 1140. The number of rotatable bonds is 5. The van der Waals surface area contributed by atoms with E-state index in [2.05, 4.69) is 10.1 Å². The highest BCUT2D eigenvalue weighted by atomic mass is 32.2. The molecule has 9 nitrogen and oxygen atoms in total. The molecule has 0 bridgehead atoms. The molecule has 1 fully saturated rings. The highest BCUT2D eigenvalue weighted by molar-refractivity contribution is 7.85. The lowest BCUT2D eigenvalue weighted by Crippen LogP contribution is -2.35. The Kier molecular flexibility index (Phi) is 7.31. The van der Waals surface area contributed by atoms with Gasteiger partial charge in [0.25, 0.3) is 10.1 Å². The van der Waals surface area contributed by atoms with Crippen molar-refractivity contribution in [3.05, 3.63) is 77.9 Å². The van der Waals surface area contributed by atoms with Crippen molar-refractivity contribution in [2.45, 2.75) is 30.3 Å². The monoisotopic (exact) mass is 469 g/mol. The van der Waals surface area contributed by atoms with E-state index in [-0.39, 0.29) is 30.2 Å². The molecule has 1 aliphatic heterocycles. The van der Waals surface area contributed by atoms with Gasteiger partial charge in [0.15, 0.2) is 0 Å². The number of aliphatic hydroxyl groups is 1. The summed E-state index contributed by atoms with van der Waals surface area (Å²) in [4.78, 5) is 3.74. The minimum Gasteiger partial charge on any atom is -0.394 e. The van der Waals surface area contributed by atoms with Gasteiger partial charge in [-0.3, -0.25) is 4.55 Å². The first kappa shape index (κ1) is 23.9. The second-order valence-electron chi connectivity index (χ2n) is 6.99. The van der Waals surface area contributed by atoms with Gasteiger partial charge in [-0.1, -0.05) is 17.7 Å². The smallest absolute Gasteiger partial charge is 0.294 e. The Morgan fingerprint density at radius 3 is 2.47 bits per heavy atom. The predicted molar refractivity (Wildman–Crippen MR) is 107 cm³/mol. The Hall–Kier alpha value is -2.77. The first-order chi connectivity index (χ1) is 15.1. The maximum atomic E-state index is 14.1. The molecule has 3 aromatic rings. The van der Waals surface area contributed by atoms with Crippen LogP contribution in [-0.2, 0) is 31.9 Å². The fourth-order valence-electron chi connectivity index (χ4n) is 3.00. The van der Waals surface area contributed by atoms with E-state index in [9.17, 15) is 22.3 Å². The van der Waals surface area contributed by atoms with Crippen LogP contribution in [-0.4, -0.2) is 52.2 Å². The van der Waals surface area contributed by atoms with Crippen molar-refractivity contribution in [2.75, 3.05) is 13.2 Å². The molecule has 1 aromatic heterocycles. The second-order valence-corrected chi connectivity index (χ2v) is 8.41. The third kappa shape index (κ3) is 5.72. The Balaban J connectivity index is 0.000000222. The van der Waals surface area contributed by atoms with Crippen molar-refractivity contribution in [1.82, 2.24) is 14.8 Å². The molecule has 4 rings (SSSR count).